The molecule has 7 heteroatoms. The minimum absolute atomic E-state index is 0.0868. The Morgan fingerprint density at radius 1 is 1.10 bits per heavy atom. The number of aryl methyl sites for hydroxylation is 1. The lowest BCUT2D eigenvalue weighted by molar-refractivity contribution is 0.407. The topological polar surface area (TPSA) is 67.5 Å². The minimum Gasteiger partial charge on any atom is -0.367 e. The summed E-state index contributed by atoms with van der Waals surface area (Å²) in [7, 11) is 1.97. The first-order chi connectivity index (χ1) is 14.0. The SMILES string of the molecule is C[C@H]1CN(c2ccc3nc(-c4cnc5c(ccn5C)c4)cc(=O)n3c2)C[C@H](C)N1. The summed E-state index contributed by atoms with van der Waals surface area (Å²) < 4.78 is 3.60. The van der Waals surface area contributed by atoms with E-state index >= 15 is 0 Å². The number of aromatic nitrogens is 4. The van der Waals surface area contributed by atoms with Crippen LogP contribution in [0, 0.1) is 0 Å². The lowest BCUT2D eigenvalue weighted by Crippen LogP contribution is -2.54. The molecule has 2 atom stereocenters. The van der Waals surface area contributed by atoms with Gasteiger partial charge in [0.2, 0.25) is 0 Å². The molecule has 5 rings (SSSR count). The molecule has 5 heterocycles. The summed E-state index contributed by atoms with van der Waals surface area (Å²) in [5, 5.41) is 4.57. The van der Waals surface area contributed by atoms with E-state index in [0.717, 1.165) is 35.4 Å². The molecule has 4 aromatic heterocycles. The van der Waals surface area contributed by atoms with Gasteiger partial charge in [-0.25, -0.2) is 9.97 Å². The lowest BCUT2D eigenvalue weighted by atomic mass is 10.1. The predicted molar refractivity (Wildman–Crippen MR) is 115 cm³/mol. The van der Waals surface area contributed by atoms with E-state index < -0.39 is 0 Å². The van der Waals surface area contributed by atoms with Crippen LogP contribution in [0.2, 0.25) is 0 Å². The van der Waals surface area contributed by atoms with Crippen LogP contribution < -0.4 is 15.8 Å². The van der Waals surface area contributed by atoms with E-state index in [1.54, 1.807) is 16.7 Å². The fraction of sp³-hybridized carbons (Fsp3) is 0.318. The van der Waals surface area contributed by atoms with Crippen molar-refractivity contribution in [1.82, 2.24) is 24.3 Å². The number of rotatable bonds is 2. The largest absolute Gasteiger partial charge is 0.367 e. The monoisotopic (exact) mass is 388 g/mol. The van der Waals surface area contributed by atoms with Crippen LogP contribution >= 0.6 is 0 Å². The molecular formula is C22H24N6O. The van der Waals surface area contributed by atoms with Crippen LogP contribution in [0.5, 0.6) is 0 Å². The standard InChI is InChI=1S/C22H24N6O/c1-14-11-27(12-15(2)24-14)18-4-5-20-25-19(9-21(29)28(20)13-18)17-8-16-6-7-26(3)22(16)23-10-17/h4-10,13-15,24H,11-12H2,1-3H3/t14-,15-/m0/s1. The molecule has 1 saturated heterocycles. The predicted octanol–water partition coefficient (Wildman–Crippen LogP) is 2.43. The van der Waals surface area contributed by atoms with Gasteiger partial charge in [0.1, 0.15) is 11.3 Å². The van der Waals surface area contributed by atoms with E-state index in [1.807, 2.05) is 42.2 Å². The van der Waals surface area contributed by atoms with Gasteiger partial charge in [-0.1, -0.05) is 0 Å². The molecule has 1 fully saturated rings. The molecule has 1 aliphatic heterocycles. The van der Waals surface area contributed by atoms with Crippen molar-refractivity contribution in [3.8, 4) is 11.3 Å². The lowest BCUT2D eigenvalue weighted by Gasteiger charge is -2.37. The molecule has 148 valence electrons. The number of hydrogen-bond donors (Lipinski definition) is 1. The zero-order valence-electron chi connectivity index (χ0n) is 16.8. The van der Waals surface area contributed by atoms with Crippen LogP contribution in [-0.2, 0) is 7.05 Å². The fourth-order valence-corrected chi connectivity index (χ4v) is 4.26. The van der Waals surface area contributed by atoms with Crippen LogP contribution in [0.25, 0.3) is 27.9 Å². The maximum atomic E-state index is 12.9. The number of piperazine rings is 1. The summed E-state index contributed by atoms with van der Waals surface area (Å²) in [6, 6.07) is 10.4. The van der Waals surface area contributed by atoms with Crippen LogP contribution in [0.3, 0.4) is 0 Å². The van der Waals surface area contributed by atoms with Crippen molar-refractivity contribution in [3.05, 3.63) is 59.3 Å². The highest BCUT2D eigenvalue weighted by molar-refractivity contribution is 5.81. The van der Waals surface area contributed by atoms with Crippen molar-refractivity contribution in [2.45, 2.75) is 25.9 Å². The molecule has 1 aliphatic rings. The Labute approximate surface area is 168 Å². The van der Waals surface area contributed by atoms with Crippen molar-refractivity contribution in [2.75, 3.05) is 18.0 Å². The second-order valence-electron chi connectivity index (χ2n) is 8.03. The van der Waals surface area contributed by atoms with E-state index in [4.69, 9.17) is 4.98 Å². The van der Waals surface area contributed by atoms with Gasteiger partial charge in [-0.2, -0.15) is 0 Å². The molecular weight excluding hydrogens is 364 g/mol. The van der Waals surface area contributed by atoms with Gasteiger partial charge < -0.3 is 14.8 Å². The molecule has 0 amide bonds. The van der Waals surface area contributed by atoms with Gasteiger partial charge in [-0.15, -0.1) is 0 Å². The molecule has 0 saturated carbocycles. The third kappa shape index (κ3) is 3.17. The average molecular weight is 388 g/mol. The summed E-state index contributed by atoms with van der Waals surface area (Å²) in [6.07, 6.45) is 5.65. The van der Waals surface area contributed by atoms with Gasteiger partial charge in [-0.05, 0) is 38.1 Å². The Bertz CT molecular complexity index is 1260. The molecule has 0 aromatic carbocycles. The van der Waals surface area contributed by atoms with Crippen molar-refractivity contribution < 1.29 is 0 Å². The fourth-order valence-electron chi connectivity index (χ4n) is 4.26. The quantitative estimate of drug-likeness (QED) is 0.571. The Morgan fingerprint density at radius 2 is 1.90 bits per heavy atom. The number of anilines is 1. The number of nitrogens with zero attached hydrogens (tertiary/aromatic N) is 5. The first kappa shape index (κ1) is 17.9. The molecule has 4 aromatic rings. The molecule has 0 spiro atoms. The third-order valence-electron chi connectivity index (χ3n) is 5.57. The molecule has 0 unspecified atom stereocenters. The summed E-state index contributed by atoms with van der Waals surface area (Å²) in [5.74, 6) is 0. The average Bonchev–Trinajstić information content (AvgIpc) is 3.07. The molecule has 1 N–H and O–H groups in total. The van der Waals surface area contributed by atoms with Crippen LogP contribution in [0.4, 0.5) is 5.69 Å². The normalized spacial score (nSPS) is 19.9. The summed E-state index contributed by atoms with van der Waals surface area (Å²) >= 11 is 0. The zero-order chi connectivity index (χ0) is 20.1. The van der Waals surface area contributed by atoms with Crippen molar-refractivity contribution in [2.24, 2.45) is 7.05 Å². The van der Waals surface area contributed by atoms with Gasteiger partial charge in [0.15, 0.2) is 0 Å². The molecule has 7 nitrogen and oxygen atoms in total. The molecule has 29 heavy (non-hydrogen) atoms. The van der Waals surface area contributed by atoms with Crippen LogP contribution in [-0.4, -0.2) is 44.1 Å². The maximum absolute atomic E-state index is 12.9. The van der Waals surface area contributed by atoms with E-state index in [9.17, 15) is 4.79 Å². The number of nitrogens with one attached hydrogen (secondary N) is 1. The van der Waals surface area contributed by atoms with Gasteiger partial charge in [0.05, 0.1) is 11.4 Å². The van der Waals surface area contributed by atoms with Crippen molar-refractivity contribution in [1.29, 1.82) is 0 Å². The number of pyridine rings is 2. The van der Waals surface area contributed by atoms with E-state index in [1.165, 1.54) is 0 Å². The first-order valence-electron chi connectivity index (χ1n) is 9.94. The van der Waals surface area contributed by atoms with E-state index in [0.29, 0.717) is 23.4 Å². The van der Waals surface area contributed by atoms with E-state index in [-0.39, 0.29) is 5.56 Å². The molecule has 0 bridgehead atoms. The Morgan fingerprint density at radius 3 is 2.69 bits per heavy atom. The molecule has 0 radical (unpaired) electrons. The van der Waals surface area contributed by atoms with E-state index in [2.05, 4.69) is 35.1 Å². The minimum atomic E-state index is -0.0868. The zero-order valence-corrected chi connectivity index (χ0v) is 16.8. The Hall–Kier alpha value is -3.19. The highest BCUT2D eigenvalue weighted by atomic mass is 16.1. The second kappa shape index (κ2) is 6.70. The van der Waals surface area contributed by atoms with Gasteiger partial charge in [0, 0.05) is 67.8 Å². The van der Waals surface area contributed by atoms with Gasteiger partial charge >= 0.3 is 0 Å². The summed E-state index contributed by atoms with van der Waals surface area (Å²) in [6.45, 7) is 6.19. The van der Waals surface area contributed by atoms with Gasteiger partial charge in [0.25, 0.3) is 5.56 Å². The number of hydrogen-bond acceptors (Lipinski definition) is 5. The highest BCUT2D eigenvalue weighted by Crippen LogP contribution is 2.22. The highest BCUT2D eigenvalue weighted by Gasteiger charge is 2.21. The Kier molecular flexibility index (Phi) is 4.13. The summed E-state index contributed by atoms with van der Waals surface area (Å²) in [4.78, 5) is 24.4. The van der Waals surface area contributed by atoms with Gasteiger partial charge in [-0.3, -0.25) is 9.20 Å². The smallest absolute Gasteiger partial charge is 0.258 e. The van der Waals surface area contributed by atoms with Crippen molar-refractivity contribution in [3.63, 3.8) is 0 Å². The second-order valence-corrected chi connectivity index (χ2v) is 8.03. The third-order valence-corrected chi connectivity index (χ3v) is 5.57. The number of fused-ring (bicyclic) bond motifs is 2. The Balaban J connectivity index is 1.55. The van der Waals surface area contributed by atoms with Crippen LogP contribution in [0.15, 0.2) is 53.7 Å². The summed E-state index contributed by atoms with van der Waals surface area (Å²) in [5.41, 5.74) is 4.00. The van der Waals surface area contributed by atoms with Crippen molar-refractivity contribution >= 4 is 22.4 Å². The maximum Gasteiger partial charge on any atom is 0.258 e. The first-order valence-corrected chi connectivity index (χ1v) is 9.94. The van der Waals surface area contributed by atoms with Crippen LogP contribution in [0.1, 0.15) is 13.8 Å². The molecule has 0 aliphatic carbocycles.